The van der Waals surface area contributed by atoms with Gasteiger partial charge in [0.1, 0.15) is 0 Å². The van der Waals surface area contributed by atoms with Gasteiger partial charge < -0.3 is 0 Å². The van der Waals surface area contributed by atoms with Crippen molar-refractivity contribution in [3.8, 4) is 0 Å². The first-order valence-corrected chi connectivity index (χ1v) is 9.93. The zero-order valence-electron chi connectivity index (χ0n) is 16.4. The minimum Gasteiger partial charge on any atom is -0.290 e. The van der Waals surface area contributed by atoms with Crippen LogP contribution in [-0.2, 0) is 4.79 Å². The van der Waals surface area contributed by atoms with Crippen LogP contribution in [0.4, 0.5) is 13.2 Å². The summed E-state index contributed by atoms with van der Waals surface area (Å²) in [5.41, 5.74) is 0. The van der Waals surface area contributed by atoms with Crippen molar-refractivity contribution in [2.75, 3.05) is 0 Å². The summed E-state index contributed by atoms with van der Waals surface area (Å²) in [5.74, 6) is -0.882. The molecule has 0 heterocycles. The second kappa shape index (κ2) is 15.9. The molecule has 0 aliphatic carbocycles. The second-order valence-corrected chi connectivity index (χ2v) is 6.89. The Morgan fingerprint density at radius 3 is 2.12 bits per heavy atom. The molecule has 0 aliphatic rings. The summed E-state index contributed by atoms with van der Waals surface area (Å²) in [6.07, 6.45) is 17.4. The van der Waals surface area contributed by atoms with E-state index in [2.05, 4.69) is 38.2 Å². The summed E-state index contributed by atoms with van der Waals surface area (Å²) in [7, 11) is 0. The summed E-state index contributed by atoms with van der Waals surface area (Å²) in [6, 6.07) is 0. The van der Waals surface area contributed by atoms with Crippen molar-refractivity contribution in [1.29, 1.82) is 0 Å². The first-order chi connectivity index (χ1) is 12.4. The number of ketones is 1. The van der Waals surface area contributed by atoms with E-state index >= 15 is 0 Å². The third kappa shape index (κ3) is 16.2. The molecule has 0 rings (SSSR count). The highest BCUT2D eigenvalue weighted by Crippen LogP contribution is 2.19. The van der Waals surface area contributed by atoms with E-state index < -0.39 is 18.4 Å². The molecule has 1 unspecified atom stereocenters. The minimum absolute atomic E-state index is 0.248. The van der Waals surface area contributed by atoms with Crippen molar-refractivity contribution < 1.29 is 18.0 Å². The zero-order chi connectivity index (χ0) is 19.7. The van der Waals surface area contributed by atoms with Gasteiger partial charge in [0.2, 0.25) is 5.78 Å². The molecule has 4 heteroatoms. The SMILES string of the molecule is CCCCCCC(C)C/C=C\C/C=C\C/C=C\CCCC(=O)C(F)(F)F. The Morgan fingerprint density at radius 1 is 0.885 bits per heavy atom. The summed E-state index contributed by atoms with van der Waals surface area (Å²) >= 11 is 0. The summed E-state index contributed by atoms with van der Waals surface area (Å²) < 4.78 is 36.0. The number of allylic oxidation sites excluding steroid dienone is 6. The van der Waals surface area contributed by atoms with Crippen molar-refractivity contribution in [2.24, 2.45) is 5.92 Å². The molecule has 1 nitrogen and oxygen atoms in total. The Kier molecular flexibility index (Phi) is 15.1. The first kappa shape index (κ1) is 24.7. The Hall–Kier alpha value is -1.32. The number of alkyl halides is 3. The molecular weight excluding hydrogens is 337 g/mol. The molecule has 0 saturated carbocycles. The third-order valence-electron chi connectivity index (χ3n) is 4.22. The van der Waals surface area contributed by atoms with Crippen molar-refractivity contribution in [2.45, 2.75) is 90.7 Å². The smallest absolute Gasteiger partial charge is 0.290 e. The highest BCUT2D eigenvalue weighted by Gasteiger charge is 2.36. The van der Waals surface area contributed by atoms with Gasteiger partial charge in [0, 0.05) is 6.42 Å². The average molecular weight is 373 g/mol. The molecule has 150 valence electrons. The van der Waals surface area contributed by atoms with E-state index in [-0.39, 0.29) is 6.42 Å². The Bertz CT molecular complexity index is 433. The number of carbonyl (C=O) groups excluding carboxylic acids is 1. The molecule has 0 aromatic heterocycles. The number of hydrogen-bond donors (Lipinski definition) is 0. The van der Waals surface area contributed by atoms with Gasteiger partial charge in [-0.15, -0.1) is 0 Å². The van der Waals surface area contributed by atoms with Crippen LogP contribution in [0.2, 0.25) is 0 Å². The molecule has 0 fully saturated rings. The number of unbranched alkanes of at least 4 members (excludes halogenated alkanes) is 4. The Morgan fingerprint density at radius 2 is 1.50 bits per heavy atom. The van der Waals surface area contributed by atoms with Crippen molar-refractivity contribution >= 4 is 5.78 Å². The van der Waals surface area contributed by atoms with E-state index in [1.807, 2.05) is 12.2 Å². The number of halogens is 3. The van der Waals surface area contributed by atoms with Gasteiger partial charge in [-0.05, 0) is 38.0 Å². The maximum absolute atomic E-state index is 12.0. The van der Waals surface area contributed by atoms with E-state index in [9.17, 15) is 18.0 Å². The van der Waals surface area contributed by atoms with Gasteiger partial charge in [-0.1, -0.05) is 82.4 Å². The largest absolute Gasteiger partial charge is 0.449 e. The second-order valence-electron chi connectivity index (χ2n) is 6.89. The lowest BCUT2D eigenvalue weighted by Gasteiger charge is -2.07. The number of hydrogen-bond acceptors (Lipinski definition) is 1. The monoisotopic (exact) mass is 372 g/mol. The van der Waals surface area contributed by atoms with Crippen LogP contribution in [0.5, 0.6) is 0 Å². The minimum atomic E-state index is -4.69. The zero-order valence-corrected chi connectivity index (χ0v) is 16.4. The summed E-state index contributed by atoms with van der Waals surface area (Å²) in [6.45, 7) is 4.54. The van der Waals surface area contributed by atoms with Crippen LogP contribution in [-0.4, -0.2) is 12.0 Å². The lowest BCUT2D eigenvalue weighted by atomic mass is 9.99. The van der Waals surface area contributed by atoms with E-state index in [0.717, 1.165) is 25.2 Å². The van der Waals surface area contributed by atoms with Crippen LogP contribution in [0.25, 0.3) is 0 Å². The maximum atomic E-state index is 12.0. The van der Waals surface area contributed by atoms with E-state index in [1.54, 1.807) is 0 Å². The Balaban J connectivity index is 3.59. The molecule has 0 N–H and O–H groups in total. The van der Waals surface area contributed by atoms with Gasteiger partial charge in [-0.25, -0.2) is 0 Å². The lowest BCUT2D eigenvalue weighted by Crippen LogP contribution is -2.22. The predicted molar refractivity (Wildman–Crippen MR) is 104 cm³/mol. The fourth-order valence-corrected chi connectivity index (χ4v) is 2.55. The lowest BCUT2D eigenvalue weighted by molar-refractivity contribution is -0.171. The molecule has 0 saturated heterocycles. The summed E-state index contributed by atoms with van der Waals surface area (Å²) in [5, 5.41) is 0. The molecule has 0 spiro atoms. The predicted octanol–water partition coefficient (Wildman–Crippen LogP) is 7.73. The highest BCUT2D eigenvalue weighted by atomic mass is 19.4. The molecule has 0 aromatic carbocycles. The topological polar surface area (TPSA) is 17.1 Å². The van der Waals surface area contributed by atoms with Crippen molar-refractivity contribution in [3.05, 3.63) is 36.5 Å². The number of rotatable bonds is 15. The molecule has 0 aliphatic heterocycles. The van der Waals surface area contributed by atoms with Gasteiger partial charge in [0.05, 0.1) is 0 Å². The van der Waals surface area contributed by atoms with Crippen molar-refractivity contribution in [3.63, 3.8) is 0 Å². The van der Waals surface area contributed by atoms with Gasteiger partial charge in [-0.2, -0.15) is 13.2 Å². The van der Waals surface area contributed by atoms with Crippen LogP contribution in [0.1, 0.15) is 84.5 Å². The molecule has 0 bridgehead atoms. The molecular formula is C22H35F3O. The first-order valence-electron chi connectivity index (χ1n) is 9.93. The van der Waals surface area contributed by atoms with Gasteiger partial charge in [-0.3, -0.25) is 4.79 Å². The van der Waals surface area contributed by atoms with Crippen LogP contribution in [0.3, 0.4) is 0 Å². The molecule has 0 amide bonds. The van der Waals surface area contributed by atoms with E-state index in [4.69, 9.17) is 0 Å². The quantitative estimate of drug-likeness (QED) is 0.212. The van der Waals surface area contributed by atoms with E-state index in [1.165, 1.54) is 32.1 Å². The molecule has 26 heavy (non-hydrogen) atoms. The fraction of sp³-hybridized carbons (Fsp3) is 0.682. The normalized spacial score (nSPS) is 14.0. The maximum Gasteiger partial charge on any atom is 0.449 e. The van der Waals surface area contributed by atoms with Crippen LogP contribution < -0.4 is 0 Å². The number of carbonyl (C=O) groups is 1. The Labute approximate surface area is 157 Å². The van der Waals surface area contributed by atoms with Crippen LogP contribution in [0.15, 0.2) is 36.5 Å². The van der Waals surface area contributed by atoms with Gasteiger partial charge in [0.25, 0.3) is 0 Å². The van der Waals surface area contributed by atoms with Crippen molar-refractivity contribution in [1.82, 2.24) is 0 Å². The number of Topliss-reactive ketones (excluding diaryl/α,β-unsaturated/α-hetero) is 1. The third-order valence-corrected chi connectivity index (χ3v) is 4.22. The molecule has 0 aromatic rings. The summed E-state index contributed by atoms with van der Waals surface area (Å²) in [4.78, 5) is 10.7. The van der Waals surface area contributed by atoms with Gasteiger partial charge in [0.15, 0.2) is 0 Å². The van der Waals surface area contributed by atoms with E-state index in [0.29, 0.717) is 6.42 Å². The van der Waals surface area contributed by atoms with Gasteiger partial charge >= 0.3 is 6.18 Å². The average Bonchev–Trinajstić information content (AvgIpc) is 2.58. The highest BCUT2D eigenvalue weighted by molar-refractivity contribution is 5.83. The van der Waals surface area contributed by atoms with Crippen LogP contribution >= 0.6 is 0 Å². The fourth-order valence-electron chi connectivity index (χ4n) is 2.55. The van der Waals surface area contributed by atoms with Crippen LogP contribution in [0, 0.1) is 5.92 Å². The molecule has 0 radical (unpaired) electrons. The molecule has 1 atom stereocenters. The standard InChI is InChI=1S/C22H35F3O/c1-3-4-5-14-17-20(2)18-15-12-10-8-6-7-9-11-13-16-19-21(26)22(23,24)25/h6,8-9,11-12,15,20H,3-5,7,10,13-14,16-19H2,1-2H3/b8-6-,11-9-,15-12-.